The third kappa shape index (κ3) is 4.18. The van der Waals surface area contributed by atoms with Gasteiger partial charge in [-0.1, -0.05) is 18.2 Å². The first kappa shape index (κ1) is 20.3. The van der Waals surface area contributed by atoms with Crippen LogP contribution in [0.25, 0.3) is 10.9 Å². The Balaban J connectivity index is 1.72. The predicted octanol–water partition coefficient (Wildman–Crippen LogP) is 3.55. The van der Waals surface area contributed by atoms with Crippen molar-refractivity contribution in [2.45, 2.75) is 19.4 Å². The van der Waals surface area contributed by atoms with Gasteiger partial charge in [0.15, 0.2) is 17.6 Å². The van der Waals surface area contributed by atoms with Gasteiger partial charge in [0.2, 0.25) is 11.5 Å². The van der Waals surface area contributed by atoms with Crippen LogP contribution in [-0.2, 0) is 16.0 Å². The van der Waals surface area contributed by atoms with E-state index >= 15 is 0 Å². The van der Waals surface area contributed by atoms with Gasteiger partial charge in [-0.25, -0.2) is 0 Å². The Morgan fingerprint density at radius 2 is 1.66 bits per heavy atom. The van der Waals surface area contributed by atoms with E-state index in [2.05, 4.69) is 4.98 Å². The van der Waals surface area contributed by atoms with Gasteiger partial charge in [0.05, 0.1) is 27.8 Å². The third-order valence-corrected chi connectivity index (χ3v) is 4.61. The summed E-state index contributed by atoms with van der Waals surface area (Å²) in [5, 5.41) is 0.796. The molecule has 7 nitrogen and oxygen atoms in total. The molecule has 0 unspecified atom stereocenters. The minimum atomic E-state index is -0.913. The Morgan fingerprint density at radius 1 is 1.00 bits per heavy atom. The molecule has 3 rings (SSSR count). The Morgan fingerprint density at radius 3 is 2.28 bits per heavy atom. The SMILES string of the molecule is COc1cc(CC(=O)O[C@H](C)C(=O)c2c[nH]c3ccccc23)cc(OC)c1OC. The Hall–Kier alpha value is -3.48. The Kier molecular flexibility index (Phi) is 6.07. The van der Waals surface area contributed by atoms with E-state index in [1.807, 2.05) is 24.3 Å². The molecule has 0 saturated heterocycles. The lowest BCUT2D eigenvalue weighted by Crippen LogP contribution is -2.25. The van der Waals surface area contributed by atoms with Crippen LogP contribution in [0.3, 0.4) is 0 Å². The topological polar surface area (TPSA) is 86.9 Å². The van der Waals surface area contributed by atoms with Gasteiger partial charge in [-0.05, 0) is 30.7 Å². The minimum Gasteiger partial charge on any atom is -0.493 e. The zero-order valence-corrected chi connectivity index (χ0v) is 16.8. The van der Waals surface area contributed by atoms with Crippen molar-refractivity contribution < 1.29 is 28.5 Å². The number of benzene rings is 2. The molecule has 1 heterocycles. The zero-order valence-electron chi connectivity index (χ0n) is 16.8. The first-order chi connectivity index (χ1) is 14.0. The van der Waals surface area contributed by atoms with Gasteiger partial charge in [0.1, 0.15) is 0 Å². The number of rotatable bonds is 8. The van der Waals surface area contributed by atoms with Crippen LogP contribution in [0.15, 0.2) is 42.6 Å². The molecule has 0 saturated carbocycles. The van der Waals surface area contributed by atoms with Crippen LogP contribution in [0.1, 0.15) is 22.8 Å². The number of carbonyl (C=O) groups excluding carboxylic acids is 2. The highest BCUT2D eigenvalue weighted by Crippen LogP contribution is 2.38. The van der Waals surface area contributed by atoms with Gasteiger partial charge in [-0.15, -0.1) is 0 Å². The molecule has 0 fully saturated rings. The predicted molar refractivity (Wildman–Crippen MR) is 108 cm³/mol. The monoisotopic (exact) mass is 397 g/mol. The number of aromatic amines is 1. The highest BCUT2D eigenvalue weighted by atomic mass is 16.5. The fourth-order valence-corrected chi connectivity index (χ4v) is 3.19. The number of fused-ring (bicyclic) bond motifs is 1. The molecule has 1 atom stereocenters. The molecule has 0 aliphatic carbocycles. The maximum Gasteiger partial charge on any atom is 0.310 e. The van der Waals surface area contributed by atoms with Gasteiger partial charge in [0.25, 0.3) is 0 Å². The van der Waals surface area contributed by atoms with E-state index in [0.29, 0.717) is 28.4 Å². The molecule has 0 aliphatic heterocycles. The second-order valence-electron chi connectivity index (χ2n) is 6.45. The summed E-state index contributed by atoms with van der Waals surface area (Å²) in [6.07, 6.45) is 0.683. The number of H-pyrrole nitrogens is 1. The van der Waals surface area contributed by atoms with E-state index in [4.69, 9.17) is 18.9 Å². The van der Waals surface area contributed by atoms with E-state index in [-0.39, 0.29) is 12.2 Å². The summed E-state index contributed by atoms with van der Waals surface area (Å²) in [6.45, 7) is 1.57. The molecule has 3 aromatic rings. The highest BCUT2D eigenvalue weighted by molar-refractivity contribution is 6.10. The zero-order chi connectivity index (χ0) is 21.0. The summed E-state index contributed by atoms with van der Waals surface area (Å²) in [4.78, 5) is 28.2. The lowest BCUT2D eigenvalue weighted by atomic mass is 10.1. The maximum atomic E-state index is 12.7. The second kappa shape index (κ2) is 8.68. The summed E-state index contributed by atoms with van der Waals surface area (Å²) >= 11 is 0. The number of aromatic nitrogens is 1. The molecule has 1 N–H and O–H groups in total. The van der Waals surface area contributed by atoms with Crippen LogP contribution in [-0.4, -0.2) is 44.2 Å². The molecule has 0 radical (unpaired) electrons. The van der Waals surface area contributed by atoms with Crippen molar-refractivity contribution in [1.82, 2.24) is 4.98 Å². The van der Waals surface area contributed by atoms with Crippen LogP contribution in [0.5, 0.6) is 17.2 Å². The Labute approximate surface area is 168 Å². The molecular weight excluding hydrogens is 374 g/mol. The average molecular weight is 397 g/mol. The van der Waals surface area contributed by atoms with Gasteiger partial charge < -0.3 is 23.9 Å². The van der Waals surface area contributed by atoms with Crippen LogP contribution < -0.4 is 14.2 Å². The summed E-state index contributed by atoms with van der Waals surface area (Å²) in [7, 11) is 4.51. The number of esters is 1. The molecule has 0 amide bonds. The summed E-state index contributed by atoms with van der Waals surface area (Å²) in [6, 6.07) is 10.8. The van der Waals surface area contributed by atoms with Crippen molar-refractivity contribution in [1.29, 1.82) is 0 Å². The summed E-state index contributed by atoms with van der Waals surface area (Å²) in [5.41, 5.74) is 1.97. The van der Waals surface area contributed by atoms with Crippen LogP contribution in [0.2, 0.25) is 0 Å². The fourth-order valence-electron chi connectivity index (χ4n) is 3.19. The number of ether oxygens (including phenoxy) is 4. The lowest BCUT2D eigenvalue weighted by molar-refractivity contribution is -0.145. The van der Waals surface area contributed by atoms with Crippen LogP contribution in [0, 0.1) is 0 Å². The smallest absolute Gasteiger partial charge is 0.310 e. The number of Topliss-reactive ketones (excluding diaryl/α,β-unsaturated/α-hetero) is 1. The van der Waals surface area contributed by atoms with Gasteiger partial charge >= 0.3 is 5.97 Å². The molecule has 1 aromatic heterocycles. The first-order valence-corrected chi connectivity index (χ1v) is 9.07. The summed E-state index contributed by atoms with van der Waals surface area (Å²) in [5.74, 6) is 0.533. The normalized spacial score (nSPS) is 11.7. The number of carbonyl (C=O) groups is 2. The van der Waals surface area contributed by atoms with Crippen LogP contribution in [0.4, 0.5) is 0 Å². The lowest BCUT2D eigenvalue weighted by Gasteiger charge is -2.15. The van der Waals surface area contributed by atoms with Gasteiger partial charge in [0, 0.05) is 22.7 Å². The molecular formula is C22H23NO6. The quantitative estimate of drug-likeness (QED) is 0.462. The van der Waals surface area contributed by atoms with Gasteiger partial charge in [-0.2, -0.15) is 0 Å². The van der Waals surface area contributed by atoms with E-state index in [1.165, 1.54) is 21.3 Å². The van der Waals surface area contributed by atoms with E-state index < -0.39 is 12.1 Å². The average Bonchev–Trinajstić information content (AvgIpc) is 3.16. The van der Waals surface area contributed by atoms with Crippen molar-refractivity contribution in [3.05, 3.63) is 53.7 Å². The molecule has 29 heavy (non-hydrogen) atoms. The maximum absolute atomic E-state index is 12.7. The number of methoxy groups -OCH3 is 3. The molecule has 7 heteroatoms. The van der Waals surface area contributed by atoms with Crippen molar-refractivity contribution in [3.8, 4) is 17.2 Å². The molecule has 2 aromatic carbocycles. The van der Waals surface area contributed by atoms with E-state index in [9.17, 15) is 9.59 Å². The fraction of sp³-hybridized carbons (Fsp3) is 0.273. The number of hydrogen-bond acceptors (Lipinski definition) is 6. The molecule has 0 bridgehead atoms. The second-order valence-corrected chi connectivity index (χ2v) is 6.45. The van der Waals surface area contributed by atoms with Crippen LogP contribution >= 0.6 is 0 Å². The van der Waals surface area contributed by atoms with Crippen molar-refractivity contribution in [2.24, 2.45) is 0 Å². The van der Waals surface area contributed by atoms with Crippen molar-refractivity contribution in [2.75, 3.05) is 21.3 Å². The van der Waals surface area contributed by atoms with Crippen molar-refractivity contribution >= 4 is 22.7 Å². The molecule has 0 spiro atoms. The van der Waals surface area contributed by atoms with Gasteiger partial charge in [-0.3, -0.25) is 9.59 Å². The van der Waals surface area contributed by atoms with E-state index in [0.717, 1.165) is 10.9 Å². The minimum absolute atomic E-state index is 0.0395. The van der Waals surface area contributed by atoms with E-state index in [1.54, 1.807) is 25.3 Å². The highest BCUT2D eigenvalue weighted by Gasteiger charge is 2.23. The first-order valence-electron chi connectivity index (χ1n) is 9.07. The largest absolute Gasteiger partial charge is 0.493 e. The number of ketones is 1. The Bertz CT molecular complexity index is 1010. The number of nitrogens with one attached hydrogen (secondary N) is 1. The third-order valence-electron chi connectivity index (χ3n) is 4.61. The molecule has 152 valence electrons. The standard InChI is InChI=1S/C22H23NO6/c1-13(21(25)16-12-23-17-8-6-5-7-15(16)17)29-20(24)11-14-9-18(26-2)22(28-4)19(10-14)27-3/h5-10,12-13,23H,11H2,1-4H3/t13-/m1/s1. The number of para-hydroxylation sites is 1. The number of hydrogen-bond donors (Lipinski definition) is 1. The van der Waals surface area contributed by atoms with Crippen molar-refractivity contribution in [3.63, 3.8) is 0 Å². The summed E-state index contributed by atoms with van der Waals surface area (Å²) < 4.78 is 21.2. The molecule has 0 aliphatic rings.